The number of fused-ring (bicyclic) bond motifs is 6. The Morgan fingerprint density at radius 1 is 0.226 bits per heavy atom. The molecular formula is C74H46N8O2. The normalized spacial score (nSPS) is 12.2. The number of hydrogen-bond acceptors (Lipinski definition) is 10. The largest absolute Gasteiger partial charge is 0.453 e. The summed E-state index contributed by atoms with van der Waals surface area (Å²) in [6, 6.07) is 95.3. The third-order valence-corrected chi connectivity index (χ3v) is 15.5. The fourth-order valence-electron chi connectivity index (χ4n) is 11.4. The number of para-hydroxylation sites is 8. The molecule has 4 heterocycles. The van der Waals surface area contributed by atoms with Crippen LogP contribution in [0.1, 0.15) is 0 Å². The van der Waals surface area contributed by atoms with Crippen LogP contribution in [-0.4, -0.2) is 29.9 Å². The van der Waals surface area contributed by atoms with Gasteiger partial charge in [-0.25, -0.2) is 29.9 Å². The van der Waals surface area contributed by atoms with Gasteiger partial charge in [-0.3, -0.25) is 0 Å². The van der Waals surface area contributed by atoms with Gasteiger partial charge in [-0.2, -0.15) is 0 Å². The second-order valence-electron chi connectivity index (χ2n) is 20.7. The molecule has 84 heavy (non-hydrogen) atoms. The fraction of sp³-hybridized carbons (Fsp3) is 0. The highest BCUT2D eigenvalue weighted by Crippen LogP contribution is 2.52. The van der Waals surface area contributed by atoms with Crippen molar-refractivity contribution in [3.05, 3.63) is 279 Å². The lowest BCUT2D eigenvalue weighted by Gasteiger charge is -2.32. The summed E-state index contributed by atoms with van der Waals surface area (Å²) in [5.74, 6) is 6.75. The van der Waals surface area contributed by atoms with Crippen LogP contribution in [0.2, 0.25) is 0 Å². The van der Waals surface area contributed by atoms with Gasteiger partial charge in [0.2, 0.25) is 0 Å². The molecule has 394 valence electrons. The molecule has 0 N–H and O–H groups in total. The lowest BCUT2D eigenvalue weighted by Crippen LogP contribution is -2.15. The molecule has 0 aliphatic carbocycles. The average molecular weight is 1080 g/mol. The molecule has 0 spiro atoms. The zero-order valence-electron chi connectivity index (χ0n) is 45.0. The second kappa shape index (κ2) is 20.2. The van der Waals surface area contributed by atoms with Gasteiger partial charge in [0.1, 0.15) is 0 Å². The smallest absolute Gasteiger partial charge is 0.164 e. The van der Waals surface area contributed by atoms with Crippen LogP contribution in [0.5, 0.6) is 23.0 Å². The van der Waals surface area contributed by atoms with E-state index in [9.17, 15) is 0 Å². The number of anilines is 6. The maximum absolute atomic E-state index is 6.34. The number of benzene rings is 12. The summed E-state index contributed by atoms with van der Waals surface area (Å²) < 4.78 is 12.6. The minimum atomic E-state index is 0.571. The fourth-order valence-corrected chi connectivity index (χ4v) is 11.4. The van der Waals surface area contributed by atoms with Gasteiger partial charge in [0.25, 0.3) is 0 Å². The van der Waals surface area contributed by atoms with E-state index in [1.807, 2.05) is 133 Å². The Hall–Kier alpha value is -11.6. The van der Waals surface area contributed by atoms with Crippen LogP contribution in [-0.2, 0) is 0 Å². The summed E-state index contributed by atoms with van der Waals surface area (Å²) in [7, 11) is 0. The first kappa shape index (κ1) is 48.3. The molecule has 2 aliphatic heterocycles. The molecule has 0 amide bonds. The predicted molar refractivity (Wildman–Crippen MR) is 336 cm³/mol. The van der Waals surface area contributed by atoms with Crippen molar-refractivity contribution in [3.8, 4) is 102 Å². The van der Waals surface area contributed by atoms with Crippen molar-refractivity contribution in [1.29, 1.82) is 0 Å². The number of hydrogen-bond donors (Lipinski definition) is 0. The summed E-state index contributed by atoms with van der Waals surface area (Å²) in [6.45, 7) is 0. The minimum Gasteiger partial charge on any atom is -0.453 e. The van der Waals surface area contributed by atoms with E-state index in [4.69, 9.17) is 39.4 Å². The van der Waals surface area contributed by atoms with E-state index in [-0.39, 0.29) is 0 Å². The van der Waals surface area contributed by atoms with Crippen LogP contribution < -0.4 is 19.3 Å². The zero-order valence-corrected chi connectivity index (χ0v) is 45.0. The lowest BCUT2D eigenvalue weighted by molar-refractivity contribution is 0.477. The quantitative estimate of drug-likeness (QED) is 0.139. The van der Waals surface area contributed by atoms with Gasteiger partial charge in [0.15, 0.2) is 57.9 Å². The Balaban J connectivity index is 0.726. The summed E-state index contributed by atoms with van der Waals surface area (Å²) >= 11 is 0. The van der Waals surface area contributed by atoms with E-state index in [0.717, 1.165) is 123 Å². The monoisotopic (exact) mass is 1080 g/mol. The molecule has 0 atom stereocenters. The lowest BCUT2D eigenvalue weighted by atomic mass is 10.0. The van der Waals surface area contributed by atoms with E-state index in [2.05, 4.69) is 155 Å². The van der Waals surface area contributed by atoms with Gasteiger partial charge >= 0.3 is 0 Å². The minimum absolute atomic E-state index is 0.571. The molecular weight excluding hydrogens is 1030 g/mol. The van der Waals surface area contributed by atoms with Gasteiger partial charge in [-0.1, -0.05) is 194 Å². The molecule has 0 bridgehead atoms. The van der Waals surface area contributed by atoms with Crippen LogP contribution in [0.4, 0.5) is 34.1 Å². The average Bonchev–Trinajstić information content (AvgIpc) is 3.11. The van der Waals surface area contributed by atoms with Crippen molar-refractivity contribution in [3.63, 3.8) is 0 Å². The van der Waals surface area contributed by atoms with Crippen LogP contribution in [0.15, 0.2) is 279 Å². The van der Waals surface area contributed by atoms with Crippen LogP contribution >= 0.6 is 0 Å². The highest BCUT2D eigenvalue weighted by Gasteiger charge is 2.28. The maximum Gasteiger partial charge on any atom is 0.164 e. The molecule has 10 heteroatoms. The standard InChI is InChI=1S/C74H46N8O2/c1-3-17-48(18-4-1)69-75-71(78-73(76-69)56-38-37-53-45-57(40-39-52(53)44-56)81-61-25-7-11-29-65(61)83-66-30-12-8-26-62(66)81)50-35-33-47(34-36-50)51-21-15-23-55(43-51)72-77-70(49-19-5-2-6-20-49)79-74(80-72)60-24-16-22-54-46-58(41-42-59(54)60)82-63-27-9-13-31-67(63)84-68-32-14-10-28-64(68)82/h1-46H. The molecule has 10 nitrogen and oxygen atoms in total. The van der Waals surface area contributed by atoms with Crippen molar-refractivity contribution in [2.75, 3.05) is 9.80 Å². The summed E-state index contributed by atoms with van der Waals surface area (Å²) in [5, 5.41) is 4.23. The molecule has 14 aromatic rings. The Labute approximate surface area is 483 Å². The first-order valence-electron chi connectivity index (χ1n) is 27.8. The van der Waals surface area contributed by atoms with Crippen LogP contribution in [0.25, 0.3) is 101 Å². The van der Waals surface area contributed by atoms with Crippen molar-refractivity contribution in [1.82, 2.24) is 29.9 Å². The van der Waals surface area contributed by atoms with Gasteiger partial charge in [-0.15, -0.1) is 0 Å². The predicted octanol–water partition coefficient (Wildman–Crippen LogP) is 19.2. The molecule has 2 aromatic heterocycles. The second-order valence-corrected chi connectivity index (χ2v) is 20.7. The Morgan fingerprint density at radius 3 is 1.14 bits per heavy atom. The summed E-state index contributed by atoms with van der Waals surface area (Å²) in [4.78, 5) is 35.4. The summed E-state index contributed by atoms with van der Waals surface area (Å²) in [6.07, 6.45) is 0. The Kier molecular flexibility index (Phi) is 11.6. The van der Waals surface area contributed by atoms with Gasteiger partial charge in [0, 0.05) is 44.8 Å². The topological polar surface area (TPSA) is 102 Å². The van der Waals surface area contributed by atoms with Crippen molar-refractivity contribution in [2.24, 2.45) is 0 Å². The molecule has 0 unspecified atom stereocenters. The van der Waals surface area contributed by atoms with E-state index >= 15 is 0 Å². The van der Waals surface area contributed by atoms with Crippen molar-refractivity contribution >= 4 is 55.7 Å². The SMILES string of the molecule is c1ccc(-c2nc(-c3ccc(-c4cccc(-c5nc(-c6ccccc6)nc(-c6cccc7cc(N8c9ccccc9Oc9ccccc98)ccc67)n5)c4)cc3)nc(-c3ccc4cc(N5c6ccccc6Oc6ccccc65)ccc4c3)n2)cc1. The third kappa shape index (κ3) is 8.70. The molecule has 0 radical (unpaired) electrons. The Morgan fingerprint density at radius 2 is 0.595 bits per heavy atom. The highest BCUT2D eigenvalue weighted by molar-refractivity contribution is 6.00. The van der Waals surface area contributed by atoms with Crippen LogP contribution in [0, 0.1) is 0 Å². The van der Waals surface area contributed by atoms with Gasteiger partial charge in [-0.05, 0) is 118 Å². The van der Waals surface area contributed by atoms with E-state index in [1.165, 1.54) is 0 Å². The maximum atomic E-state index is 6.34. The van der Waals surface area contributed by atoms with Crippen molar-refractivity contribution in [2.45, 2.75) is 0 Å². The number of ether oxygens (including phenoxy) is 2. The molecule has 12 aromatic carbocycles. The number of nitrogens with zero attached hydrogens (tertiary/aromatic N) is 8. The van der Waals surface area contributed by atoms with Crippen LogP contribution in [0.3, 0.4) is 0 Å². The van der Waals surface area contributed by atoms with Gasteiger partial charge < -0.3 is 19.3 Å². The van der Waals surface area contributed by atoms with E-state index < -0.39 is 0 Å². The summed E-state index contributed by atoms with van der Waals surface area (Å²) in [5.41, 5.74) is 13.3. The zero-order chi connectivity index (χ0) is 55.5. The number of aromatic nitrogens is 6. The van der Waals surface area contributed by atoms with Crippen molar-refractivity contribution < 1.29 is 9.47 Å². The molecule has 2 aliphatic rings. The first-order chi connectivity index (χ1) is 41.6. The van der Waals surface area contributed by atoms with Gasteiger partial charge in [0.05, 0.1) is 22.7 Å². The molecule has 0 saturated carbocycles. The Bertz CT molecular complexity index is 4790. The third-order valence-electron chi connectivity index (χ3n) is 15.5. The first-order valence-corrected chi connectivity index (χ1v) is 27.8. The molecule has 0 saturated heterocycles. The molecule has 16 rings (SSSR count). The van der Waals surface area contributed by atoms with E-state index in [0.29, 0.717) is 34.9 Å². The van der Waals surface area contributed by atoms with E-state index in [1.54, 1.807) is 0 Å². The highest BCUT2D eigenvalue weighted by atomic mass is 16.5. The molecule has 0 fully saturated rings. The number of rotatable bonds is 9.